The lowest BCUT2D eigenvalue weighted by Crippen LogP contribution is -2.41. The third-order valence-electron chi connectivity index (χ3n) is 3.97. The summed E-state index contributed by atoms with van der Waals surface area (Å²) in [6.07, 6.45) is 4.38. The van der Waals surface area contributed by atoms with E-state index in [-0.39, 0.29) is 6.61 Å². The molecule has 0 atom stereocenters. The molecule has 1 aromatic heterocycles. The summed E-state index contributed by atoms with van der Waals surface area (Å²) in [5, 5.41) is 20.3. The van der Waals surface area contributed by atoms with Crippen molar-refractivity contribution < 1.29 is 5.11 Å². The van der Waals surface area contributed by atoms with Gasteiger partial charge in [-0.25, -0.2) is 4.68 Å². The van der Waals surface area contributed by atoms with Crippen molar-refractivity contribution in [1.29, 1.82) is 0 Å². The predicted molar refractivity (Wildman–Crippen MR) is 73.7 cm³/mol. The largest absolute Gasteiger partial charge is 0.394 e. The van der Waals surface area contributed by atoms with E-state index in [4.69, 9.17) is 5.11 Å². The number of hydrogen-bond acceptors (Lipinski definition) is 5. The number of nitrogens with zero attached hydrogens (tertiary/aromatic N) is 4. The molecule has 6 nitrogen and oxygen atoms in total. The first-order chi connectivity index (χ1) is 9.11. The number of likely N-dealkylation sites (tertiary alicyclic amines) is 1. The number of nitrogens with one attached hydrogen (secondary N) is 1. The van der Waals surface area contributed by atoms with Crippen LogP contribution in [0.5, 0.6) is 0 Å². The lowest BCUT2D eigenvalue weighted by Gasteiger charge is -2.38. The standard InChI is InChI=1S/C13H25N5O/c1-13(3-5-17(2)6-4-13)11-14-9-12-10-18(7-8-19)16-15-12/h10,14,19H,3-9,11H2,1-2H3. The van der Waals surface area contributed by atoms with E-state index in [0.717, 1.165) is 18.8 Å². The van der Waals surface area contributed by atoms with Gasteiger partial charge in [-0.1, -0.05) is 12.1 Å². The van der Waals surface area contributed by atoms with Crippen molar-refractivity contribution in [3.05, 3.63) is 11.9 Å². The third-order valence-corrected chi connectivity index (χ3v) is 3.97. The Labute approximate surface area is 114 Å². The minimum atomic E-state index is 0.0990. The van der Waals surface area contributed by atoms with Crippen LogP contribution in [0.15, 0.2) is 6.20 Å². The van der Waals surface area contributed by atoms with Gasteiger partial charge in [0.2, 0.25) is 0 Å². The van der Waals surface area contributed by atoms with Crippen LogP contribution in [0.2, 0.25) is 0 Å². The molecule has 0 radical (unpaired) electrons. The summed E-state index contributed by atoms with van der Waals surface area (Å²) in [6, 6.07) is 0. The number of piperidine rings is 1. The van der Waals surface area contributed by atoms with E-state index in [0.29, 0.717) is 12.0 Å². The van der Waals surface area contributed by atoms with Gasteiger partial charge >= 0.3 is 0 Å². The highest BCUT2D eigenvalue weighted by Crippen LogP contribution is 2.29. The Hall–Kier alpha value is -0.980. The van der Waals surface area contributed by atoms with Gasteiger partial charge in [0.25, 0.3) is 0 Å². The van der Waals surface area contributed by atoms with Crippen LogP contribution in [-0.4, -0.2) is 58.3 Å². The first-order valence-electron chi connectivity index (χ1n) is 7.00. The molecular formula is C13H25N5O. The highest BCUT2D eigenvalue weighted by atomic mass is 16.3. The Morgan fingerprint density at radius 3 is 2.84 bits per heavy atom. The van der Waals surface area contributed by atoms with E-state index < -0.39 is 0 Å². The zero-order valence-electron chi connectivity index (χ0n) is 12.0. The van der Waals surface area contributed by atoms with E-state index in [1.54, 1.807) is 4.68 Å². The van der Waals surface area contributed by atoms with Gasteiger partial charge in [0.05, 0.1) is 18.8 Å². The average Bonchev–Trinajstić information content (AvgIpc) is 2.82. The van der Waals surface area contributed by atoms with Crippen LogP contribution in [-0.2, 0) is 13.1 Å². The van der Waals surface area contributed by atoms with Crippen molar-refractivity contribution >= 4 is 0 Å². The summed E-state index contributed by atoms with van der Waals surface area (Å²) in [6.45, 7) is 7.11. The van der Waals surface area contributed by atoms with Crippen LogP contribution in [0.1, 0.15) is 25.5 Å². The average molecular weight is 267 g/mol. The highest BCUT2D eigenvalue weighted by Gasteiger charge is 2.28. The van der Waals surface area contributed by atoms with Gasteiger partial charge in [-0.3, -0.25) is 0 Å². The minimum absolute atomic E-state index is 0.0990. The molecule has 0 aliphatic carbocycles. The molecule has 0 saturated carbocycles. The van der Waals surface area contributed by atoms with Gasteiger partial charge in [0.1, 0.15) is 0 Å². The number of aliphatic hydroxyl groups is 1. The number of aromatic nitrogens is 3. The second-order valence-corrected chi connectivity index (χ2v) is 5.91. The maximum atomic E-state index is 8.82. The molecule has 1 aliphatic rings. The third kappa shape index (κ3) is 4.26. The molecule has 0 amide bonds. The minimum Gasteiger partial charge on any atom is -0.394 e. The lowest BCUT2D eigenvalue weighted by molar-refractivity contribution is 0.136. The topological polar surface area (TPSA) is 66.2 Å². The summed E-state index contributed by atoms with van der Waals surface area (Å²) < 4.78 is 1.67. The van der Waals surface area contributed by atoms with Gasteiger partial charge < -0.3 is 15.3 Å². The second-order valence-electron chi connectivity index (χ2n) is 5.91. The number of aliphatic hydroxyl groups excluding tert-OH is 1. The molecule has 1 fully saturated rings. The summed E-state index contributed by atoms with van der Waals surface area (Å²) in [4.78, 5) is 2.39. The van der Waals surface area contributed by atoms with Crippen LogP contribution in [0.3, 0.4) is 0 Å². The smallest absolute Gasteiger partial charge is 0.0964 e. The fourth-order valence-electron chi connectivity index (χ4n) is 2.46. The molecule has 2 rings (SSSR count). The Morgan fingerprint density at radius 1 is 1.42 bits per heavy atom. The number of hydrogen-bond donors (Lipinski definition) is 2. The summed E-state index contributed by atoms with van der Waals surface area (Å²) in [7, 11) is 2.19. The zero-order chi connectivity index (χ0) is 13.7. The van der Waals surface area contributed by atoms with Crippen molar-refractivity contribution in [3.63, 3.8) is 0 Å². The van der Waals surface area contributed by atoms with Crippen LogP contribution in [0.25, 0.3) is 0 Å². The van der Waals surface area contributed by atoms with Gasteiger partial charge in [0.15, 0.2) is 0 Å². The maximum Gasteiger partial charge on any atom is 0.0964 e. The van der Waals surface area contributed by atoms with E-state index >= 15 is 0 Å². The molecule has 2 N–H and O–H groups in total. The van der Waals surface area contributed by atoms with Crippen LogP contribution < -0.4 is 5.32 Å². The zero-order valence-corrected chi connectivity index (χ0v) is 12.0. The van der Waals surface area contributed by atoms with Crippen molar-refractivity contribution in [2.75, 3.05) is 33.3 Å². The fraction of sp³-hybridized carbons (Fsp3) is 0.846. The molecule has 1 saturated heterocycles. The molecule has 19 heavy (non-hydrogen) atoms. The first kappa shape index (κ1) is 14.4. The fourth-order valence-corrected chi connectivity index (χ4v) is 2.46. The van der Waals surface area contributed by atoms with Gasteiger partial charge in [-0.2, -0.15) is 0 Å². The quantitative estimate of drug-likeness (QED) is 0.765. The predicted octanol–water partition coefficient (Wildman–Crippen LogP) is 0.0919. The number of rotatable bonds is 6. The van der Waals surface area contributed by atoms with Crippen LogP contribution >= 0.6 is 0 Å². The molecule has 1 aromatic rings. The molecule has 2 heterocycles. The monoisotopic (exact) mass is 267 g/mol. The van der Waals surface area contributed by atoms with E-state index in [2.05, 4.69) is 34.5 Å². The Morgan fingerprint density at radius 2 is 2.16 bits per heavy atom. The van der Waals surface area contributed by atoms with Crippen LogP contribution in [0, 0.1) is 5.41 Å². The maximum absolute atomic E-state index is 8.82. The molecule has 0 unspecified atom stereocenters. The van der Waals surface area contributed by atoms with Gasteiger partial charge in [-0.05, 0) is 38.4 Å². The summed E-state index contributed by atoms with van der Waals surface area (Å²) in [5.41, 5.74) is 1.33. The van der Waals surface area contributed by atoms with Gasteiger partial charge in [-0.15, -0.1) is 5.10 Å². The van der Waals surface area contributed by atoms with E-state index in [9.17, 15) is 0 Å². The molecule has 108 valence electrons. The Kier molecular flexibility index (Phi) is 4.90. The molecule has 0 aromatic carbocycles. The van der Waals surface area contributed by atoms with Crippen molar-refractivity contribution in [2.45, 2.75) is 32.9 Å². The molecular weight excluding hydrogens is 242 g/mol. The Bertz CT molecular complexity index is 384. The SMILES string of the molecule is CN1CCC(C)(CNCc2cn(CCO)nn2)CC1. The molecule has 0 bridgehead atoms. The van der Waals surface area contributed by atoms with Crippen LogP contribution in [0.4, 0.5) is 0 Å². The normalized spacial score (nSPS) is 19.7. The van der Waals surface area contributed by atoms with Crippen molar-refractivity contribution in [2.24, 2.45) is 5.41 Å². The molecule has 6 heteroatoms. The van der Waals surface area contributed by atoms with Crippen molar-refractivity contribution in [1.82, 2.24) is 25.2 Å². The molecule has 1 aliphatic heterocycles. The van der Waals surface area contributed by atoms with Gasteiger partial charge in [0, 0.05) is 19.3 Å². The Balaban J connectivity index is 1.73. The van der Waals surface area contributed by atoms with Crippen molar-refractivity contribution in [3.8, 4) is 0 Å². The van der Waals surface area contributed by atoms with E-state index in [1.165, 1.54) is 25.9 Å². The summed E-state index contributed by atoms with van der Waals surface area (Å²) >= 11 is 0. The first-order valence-corrected chi connectivity index (χ1v) is 7.00. The summed E-state index contributed by atoms with van der Waals surface area (Å²) in [5.74, 6) is 0. The second kappa shape index (κ2) is 6.45. The highest BCUT2D eigenvalue weighted by molar-refractivity contribution is 4.92. The van der Waals surface area contributed by atoms with E-state index in [1.807, 2.05) is 6.20 Å². The lowest BCUT2D eigenvalue weighted by atomic mass is 9.80. The molecule has 0 spiro atoms.